The highest BCUT2D eigenvalue weighted by Gasteiger charge is 2.26. The maximum atomic E-state index is 10.6. The average Bonchev–Trinajstić information content (AvgIpc) is 2.61. The fraction of sp³-hybridized carbons (Fsp3) is 0.739. The van der Waals surface area contributed by atoms with E-state index < -0.39 is 0 Å². The van der Waals surface area contributed by atoms with E-state index in [1.54, 1.807) is 0 Å². The van der Waals surface area contributed by atoms with Gasteiger partial charge < -0.3 is 9.84 Å². The van der Waals surface area contributed by atoms with Crippen LogP contribution in [0.1, 0.15) is 83.5 Å². The first kappa shape index (κ1) is 18.8. The van der Waals surface area contributed by atoms with Gasteiger partial charge in [0.15, 0.2) is 0 Å². The molecule has 0 heterocycles. The minimum atomic E-state index is -0.147. The molecule has 0 radical (unpaired) electrons. The van der Waals surface area contributed by atoms with Crippen molar-refractivity contribution in [2.75, 3.05) is 0 Å². The lowest BCUT2D eigenvalue weighted by atomic mass is 9.82. The second kappa shape index (κ2) is 10.2. The fourth-order valence-corrected chi connectivity index (χ4v) is 4.85. The van der Waals surface area contributed by atoms with Gasteiger partial charge in [-0.15, -0.1) is 0 Å². The Bertz CT molecular complexity index is 458. The number of aliphatic hydroxyl groups excluding tert-OH is 1. The number of benzene rings is 1. The Morgan fingerprint density at radius 2 is 1.36 bits per heavy atom. The van der Waals surface area contributed by atoms with Gasteiger partial charge in [-0.25, -0.2) is 0 Å². The molecular formula is C23H36O2. The van der Waals surface area contributed by atoms with Crippen LogP contribution in [0, 0.1) is 11.8 Å². The molecule has 140 valence electrons. The van der Waals surface area contributed by atoms with Crippen LogP contribution in [0.3, 0.4) is 0 Å². The Balaban J connectivity index is 1.74. The zero-order valence-corrected chi connectivity index (χ0v) is 15.7. The van der Waals surface area contributed by atoms with Crippen LogP contribution in [0.2, 0.25) is 0 Å². The third-order valence-corrected chi connectivity index (χ3v) is 6.32. The minimum absolute atomic E-state index is 0.147. The van der Waals surface area contributed by atoms with Crippen molar-refractivity contribution in [3.05, 3.63) is 30.3 Å². The molecule has 0 spiro atoms. The largest absolute Gasteiger partial charge is 0.490 e. The Kier molecular flexibility index (Phi) is 7.66. The Labute approximate surface area is 154 Å². The van der Waals surface area contributed by atoms with Crippen LogP contribution >= 0.6 is 0 Å². The molecule has 4 rings (SSSR count). The summed E-state index contributed by atoms with van der Waals surface area (Å²) in [7, 11) is 0. The highest BCUT2D eigenvalue weighted by molar-refractivity contribution is 5.21. The first-order valence-electron chi connectivity index (χ1n) is 10.7. The van der Waals surface area contributed by atoms with E-state index >= 15 is 0 Å². The normalized spacial score (nSPS) is 32.5. The quantitative estimate of drug-likeness (QED) is 0.699. The number of ether oxygens (including phenoxy) is 1. The van der Waals surface area contributed by atoms with Crippen LogP contribution in [0.25, 0.3) is 0 Å². The molecule has 0 amide bonds. The molecule has 1 aromatic carbocycles. The van der Waals surface area contributed by atoms with Crippen molar-refractivity contribution in [3.63, 3.8) is 0 Å². The molecule has 2 bridgehead atoms. The first-order valence-corrected chi connectivity index (χ1v) is 10.7. The molecule has 1 aromatic rings. The summed E-state index contributed by atoms with van der Waals surface area (Å²) in [5, 5.41) is 10.6. The zero-order valence-electron chi connectivity index (χ0n) is 15.7. The lowest BCUT2D eigenvalue weighted by molar-refractivity contribution is 0.0669. The van der Waals surface area contributed by atoms with Gasteiger partial charge in [-0.05, 0) is 56.1 Å². The van der Waals surface area contributed by atoms with Gasteiger partial charge in [-0.3, -0.25) is 0 Å². The molecule has 2 atom stereocenters. The van der Waals surface area contributed by atoms with Crippen molar-refractivity contribution in [1.29, 1.82) is 0 Å². The minimum Gasteiger partial charge on any atom is -0.490 e. The van der Waals surface area contributed by atoms with Crippen molar-refractivity contribution in [1.82, 2.24) is 0 Å². The van der Waals surface area contributed by atoms with Gasteiger partial charge in [0, 0.05) is 0 Å². The Hall–Kier alpha value is -1.02. The van der Waals surface area contributed by atoms with Crippen molar-refractivity contribution in [3.8, 4) is 5.75 Å². The van der Waals surface area contributed by atoms with E-state index in [4.69, 9.17) is 4.74 Å². The summed E-state index contributed by atoms with van der Waals surface area (Å²) in [4.78, 5) is 0. The third kappa shape index (κ3) is 6.33. The summed E-state index contributed by atoms with van der Waals surface area (Å²) in [6.45, 7) is 0. The number of para-hydroxylation sites is 1. The van der Waals surface area contributed by atoms with Crippen LogP contribution in [0.15, 0.2) is 30.3 Å². The molecule has 3 aliphatic rings. The van der Waals surface area contributed by atoms with Crippen molar-refractivity contribution >= 4 is 0 Å². The second-order valence-electron chi connectivity index (χ2n) is 8.34. The number of rotatable bonds is 2. The molecule has 2 unspecified atom stereocenters. The van der Waals surface area contributed by atoms with Crippen LogP contribution < -0.4 is 4.74 Å². The first-order chi connectivity index (χ1) is 12.3. The summed E-state index contributed by atoms with van der Waals surface area (Å²) in [5.74, 6) is 2.37. The van der Waals surface area contributed by atoms with E-state index in [0.29, 0.717) is 5.92 Å². The summed E-state index contributed by atoms with van der Waals surface area (Å²) in [6, 6.07) is 10.3. The molecule has 1 N–H and O–H groups in total. The van der Waals surface area contributed by atoms with E-state index in [-0.39, 0.29) is 12.2 Å². The van der Waals surface area contributed by atoms with Crippen LogP contribution in [-0.4, -0.2) is 17.3 Å². The standard InChI is InChI=1S/C23H36O2/c24-21-16-17-23(25-22-14-8-3-9-15-22)20-12-6-1-4-10-19(18-21)11-5-2-7-13-20/h3,8-9,14-15,19-21,23-24H,1-2,4-7,10-13,16-18H2. The average molecular weight is 345 g/mol. The van der Waals surface area contributed by atoms with Gasteiger partial charge in [0.1, 0.15) is 11.9 Å². The molecule has 0 aromatic heterocycles. The van der Waals surface area contributed by atoms with Crippen LogP contribution in [0.4, 0.5) is 0 Å². The number of fused-ring (bicyclic) bond motifs is 12. The topological polar surface area (TPSA) is 29.5 Å². The van der Waals surface area contributed by atoms with Gasteiger partial charge in [-0.1, -0.05) is 69.6 Å². The van der Waals surface area contributed by atoms with E-state index in [2.05, 4.69) is 24.3 Å². The van der Waals surface area contributed by atoms with Gasteiger partial charge in [0.25, 0.3) is 0 Å². The monoisotopic (exact) mass is 344 g/mol. The van der Waals surface area contributed by atoms with E-state index in [1.165, 1.54) is 64.2 Å². The predicted molar refractivity (Wildman–Crippen MR) is 104 cm³/mol. The molecular weight excluding hydrogens is 308 g/mol. The highest BCUT2D eigenvalue weighted by Crippen LogP contribution is 2.32. The molecule has 3 aliphatic carbocycles. The number of hydrogen-bond acceptors (Lipinski definition) is 2. The SMILES string of the molecule is OC1CCC(Oc2ccccc2)C2CCCCCC(CCCCC2)C1. The molecule has 0 aliphatic heterocycles. The van der Waals surface area contributed by atoms with E-state index in [0.717, 1.165) is 30.9 Å². The van der Waals surface area contributed by atoms with E-state index in [1.807, 2.05) is 6.07 Å². The number of hydrogen-bond donors (Lipinski definition) is 1. The molecule has 3 saturated carbocycles. The van der Waals surface area contributed by atoms with Crippen molar-refractivity contribution in [2.24, 2.45) is 11.8 Å². The lowest BCUT2D eigenvalue weighted by Crippen LogP contribution is -2.30. The summed E-state index contributed by atoms with van der Waals surface area (Å²) in [5.41, 5.74) is 0. The third-order valence-electron chi connectivity index (χ3n) is 6.32. The van der Waals surface area contributed by atoms with Crippen LogP contribution in [-0.2, 0) is 0 Å². The maximum Gasteiger partial charge on any atom is 0.119 e. The van der Waals surface area contributed by atoms with Gasteiger partial charge in [0.05, 0.1) is 6.10 Å². The molecule has 2 nitrogen and oxygen atoms in total. The van der Waals surface area contributed by atoms with Gasteiger partial charge in [-0.2, -0.15) is 0 Å². The van der Waals surface area contributed by atoms with E-state index in [9.17, 15) is 5.11 Å². The Morgan fingerprint density at radius 3 is 2.04 bits per heavy atom. The van der Waals surface area contributed by atoms with Crippen molar-refractivity contribution in [2.45, 2.75) is 95.7 Å². The Morgan fingerprint density at radius 1 is 0.720 bits per heavy atom. The zero-order chi connectivity index (χ0) is 17.3. The maximum absolute atomic E-state index is 10.6. The second-order valence-corrected chi connectivity index (χ2v) is 8.34. The summed E-state index contributed by atoms with van der Waals surface area (Å²) < 4.78 is 6.45. The van der Waals surface area contributed by atoms with Gasteiger partial charge >= 0.3 is 0 Å². The van der Waals surface area contributed by atoms with Crippen molar-refractivity contribution < 1.29 is 9.84 Å². The molecule has 2 heteroatoms. The molecule has 0 saturated heterocycles. The summed E-state index contributed by atoms with van der Waals surface area (Å²) >= 11 is 0. The van der Waals surface area contributed by atoms with Crippen LogP contribution in [0.5, 0.6) is 5.75 Å². The lowest BCUT2D eigenvalue weighted by Gasteiger charge is -2.31. The smallest absolute Gasteiger partial charge is 0.119 e. The molecule has 25 heavy (non-hydrogen) atoms. The van der Waals surface area contributed by atoms with Gasteiger partial charge in [0.2, 0.25) is 0 Å². The fourth-order valence-electron chi connectivity index (χ4n) is 4.85. The molecule has 3 fully saturated rings. The number of aliphatic hydroxyl groups is 1. The highest BCUT2D eigenvalue weighted by atomic mass is 16.5. The predicted octanol–water partition coefficient (Wildman–Crippen LogP) is 6.13. The summed E-state index contributed by atoms with van der Waals surface area (Å²) in [6.07, 6.45) is 16.3.